The monoisotopic (exact) mass is 416 g/mol. The van der Waals surface area contributed by atoms with Crippen LogP contribution in [0, 0.1) is 40.4 Å². The van der Waals surface area contributed by atoms with Crippen molar-refractivity contribution in [1.82, 2.24) is 0 Å². The molecule has 30 heavy (non-hydrogen) atoms. The van der Waals surface area contributed by atoms with Crippen molar-refractivity contribution in [2.45, 2.75) is 123 Å². The minimum atomic E-state index is -0.494. The van der Waals surface area contributed by atoms with E-state index in [0.717, 1.165) is 49.4 Å². The molecule has 0 amide bonds. The third kappa shape index (κ3) is 3.72. The van der Waals surface area contributed by atoms with Crippen molar-refractivity contribution in [3.8, 4) is 0 Å². The molecule has 4 rings (SSSR count). The Morgan fingerprint density at radius 1 is 1.10 bits per heavy atom. The van der Waals surface area contributed by atoms with Gasteiger partial charge in [-0.1, -0.05) is 39.3 Å². The predicted molar refractivity (Wildman–Crippen MR) is 125 cm³/mol. The average Bonchev–Trinajstić information content (AvgIpc) is 3.04. The van der Waals surface area contributed by atoms with Gasteiger partial charge in [-0.05, 0) is 125 Å². The summed E-state index contributed by atoms with van der Waals surface area (Å²) >= 11 is 0. The molecule has 0 aromatic rings. The Hall–Kier alpha value is -0.340. The van der Waals surface area contributed by atoms with Crippen LogP contribution in [0.2, 0.25) is 0 Å². The van der Waals surface area contributed by atoms with Gasteiger partial charge in [0, 0.05) is 0 Å². The second-order valence-corrected chi connectivity index (χ2v) is 13.0. The maximum atomic E-state index is 10.7. The third-order valence-corrected chi connectivity index (χ3v) is 11.0. The van der Waals surface area contributed by atoms with E-state index in [2.05, 4.69) is 33.8 Å². The van der Waals surface area contributed by atoms with E-state index in [1.807, 2.05) is 13.8 Å². The van der Waals surface area contributed by atoms with Gasteiger partial charge in [-0.25, -0.2) is 0 Å². The van der Waals surface area contributed by atoms with Gasteiger partial charge in [-0.15, -0.1) is 0 Å². The Morgan fingerprint density at radius 3 is 2.53 bits per heavy atom. The highest BCUT2D eigenvalue weighted by Gasteiger charge is 2.59. The number of fused-ring (bicyclic) bond motifs is 5. The number of hydrogen-bond donors (Lipinski definition) is 2. The van der Waals surface area contributed by atoms with Crippen LogP contribution < -0.4 is 0 Å². The van der Waals surface area contributed by atoms with E-state index in [1.54, 1.807) is 5.57 Å². The molecule has 3 saturated carbocycles. The molecule has 0 spiro atoms. The summed E-state index contributed by atoms with van der Waals surface area (Å²) in [6.07, 6.45) is 15.4. The highest BCUT2D eigenvalue weighted by Crippen LogP contribution is 2.67. The van der Waals surface area contributed by atoms with Crippen LogP contribution >= 0.6 is 0 Å². The summed E-state index contributed by atoms with van der Waals surface area (Å²) in [6.45, 7) is 13.8. The van der Waals surface area contributed by atoms with Crippen molar-refractivity contribution < 1.29 is 10.2 Å². The second kappa shape index (κ2) is 7.62. The van der Waals surface area contributed by atoms with Crippen LogP contribution in [0.5, 0.6) is 0 Å². The zero-order valence-corrected chi connectivity index (χ0v) is 20.6. The lowest BCUT2D eigenvalue weighted by molar-refractivity contribution is -0.0715. The Kier molecular flexibility index (Phi) is 5.80. The topological polar surface area (TPSA) is 40.5 Å². The van der Waals surface area contributed by atoms with E-state index in [4.69, 9.17) is 0 Å². The molecule has 0 bridgehead atoms. The molecule has 0 radical (unpaired) electrons. The molecule has 172 valence electrons. The maximum Gasteiger partial charge on any atom is 0.0657 e. The number of hydrogen-bond acceptors (Lipinski definition) is 2. The first-order valence-electron chi connectivity index (χ1n) is 13.1. The molecule has 2 heteroatoms. The van der Waals surface area contributed by atoms with Crippen molar-refractivity contribution in [2.75, 3.05) is 0 Å². The highest BCUT2D eigenvalue weighted by atomic mass is 16.3. The van der Waals surface area contributed by atoms with Gasteiger partial charge < -0.3 is 10.2 Å². The van der Waals surface area contributed by atoms with Gasteiger partial charge in [0.25, 0.3) is 0 Å². The van der Waals surface area contributed by atoms with Crippen molar-refractivity contribution in [1.29, 1.82) is 0 Å². The van der Waals surface area contributed by atoms with Crippen molar-refractivity contribution in [2.24, 2.45) is 40.4 Å². The molecular formula is C28H48O2. The summed E-state index contributed by atoms with van der Waals surface area (Å²) in [5.74, 6) is 4.07. The summed E-state index contributed by atoms with van der Waals surface area (Å²) in [4.78, 5) is 0. The van der Waals surface area contributed by atoms with Gasteiger partial charge in [0.05, 0.1) is 11.2 Å². The van der Waals surface area contributed by atoms with E-state index >= 15 is 0 Å². The van der Waals surface area contributed by atoms with Crippen molar-refractivity contribution in [3.05, 3.63) is 11.6 Å². The van der Waals surface area contributed by atoms with Gasteiger partial charge in [-0.2, -0.15) is 0 Å². The Bertz CT molecular complexity index is 676. The van der Waals surface area contributed by atoms with Crippen LogP contribution in [0.25, 0.3) is 0 Å². The van der Waals surface area contributed by atoms with Gasteiger partial charge in [0.2, 0.25) is 0 Å². The minimum Gasteiger partial charge on any atom is -0.390 e. The molecule has 4 aliphatic carbocycles. The minimum absolute atomic E-state index is 0.329. The maximum absolute atomic E-state index is 10.7. The van der Waals surface area contributed by atoms with Gasteiger partial charge in [0.15, 0.2) is 0 Å². The first kappa shape index (κ1) is 22.8. The van der Waals surface area contributed by atoms with E-state index < -0.39 is 11.2 Å². The Labute approximate surface area is 185 Å². The quantitative estimate of drug-likeness (QED) is 0.479. The number of allylic oxidation sites excluding steroid dienone is 1. The molecule has 3 fully saturated rings. The lowest BCUT2D eigenvalue weighted by atomic mass is 9.46. The summed E-state index contributed by atoms with van der Waals surface area (Å²) in [7, 11) is 0. The van der Waals surface area contributed by atoms with Gasteiger partial charge >= 0.3 is 0 Å². The SMILES string of the molecule is CCC(C)(O)CC[C@@H](C)C1CC[C@H]2[C@@H]3CC=C4C[C@@](C)(O)CC[C@]4(C)[C@H]3CC[C@]12C. The summed E-state index contributed by atoms with van der Waals surface area (Å²) in [6, 6.07) is 0. The van der Waals surface area contributed by atoms with Crippen LogP contribution in [-0.4, -0.2) is 21.4 Å². The molecule has 0 aromatic carbocycles. The molecule has 2 unspecified atom stereocenters. The van der Waals surface area contributed by atoms with Crippen LogP contribution in [0.15, 0.2) is 11.6 Å². The van der Waals surface area contributed by atoms with Crippen molar-refractivity contribution >= 4 is 0 Å². The zero-order valence-electron chi connectivity index (χ0n) is 20.6. The van der Waals surface area contributed by atoms with E-state index in [0.29, 0.717) is 16.7 Å². The summed E-state index contributed by atoms with van der Waals surface area (Å²) in [5, 5.41) is 21.2. The van der Waals surface area contributed by atoms with Gasteiger partial charge in [0.1, 0.15) is 0 Å². The van der Waals surface area contributed by atoms with Crippen LogP contribution in [-0.2, 0) is 0 Å². The standard InChI is InChI=1S/C28H48O2/c1-7-25(3,29)14-12-19(2)22-10-11-23-21-9-8-20-18-26(4,30)16-17-27(20,5)24(21)13-15-28(22,23)6/h8,19,21-24,29-30H,7,9-18H2,1-6H3/t19-,21+,22?,23+,24+,25?,26+,27+,28-/m1/s1. The zero-order chi connectivity index (χ0) is 21.9. The molecule has 2 nitrogen and oxygen atoms in total. The molecule has 0 aromatic heterocycles. The fourth-order valence-corrected chi connectivity index (χ4v) is 8.70. The summed E-state index contributed by atoms with van der Waals surface area (Å²) < 4.78 is 0. The predicted octanol–water partition coefficient (Wildman–Crippen LogP) is 6.89. The van der Waals surface area contributed by atoms with E-state index in [1.165, 1.54) is 44.9 Å². The van der Waals surface area contributed by atoms with Crippen molar-refractivity contribution in [3.63, 3.8) is 0 Å². The molecule has 0 saturated heterocycles. The normalized spacial score (nSPS) is 48.7. The van der Waals surface area contributed by atoms with Crippen LogP contribution in [0.3, 0.4) is 0 Å². The smallest absolute Gasteiger partial charge is 0.0657 e. The first-order valence-corrected chi connectivity index (χ1v) is 13.1. The largest absolute Gasteiger partial charge is 0.390 e. The lowest BCUT2D eigenvalue weighted by Crippen LogP contribution is -2.52. The highest BCUT2D eigenvalue weighted by molar-refractivity contribution is 5.26. The summed E-state index contributed by atoms with van der Waals surface area (Å²) in [5.41, 5.74) is 1.41. The second-order valence-electron chi connectivity index (χ2n) is 13.0. The Balaban J connectivity index is 1.51. The number of aliphatic hydroxyl groups is 2. The number of rotatable bonds is 5. The molecule has 2 N–H and O–H groups in total. The Morgan fingerprint density at radius 2 is 1.83 bits per heavy atom. The molecule has 4 aliphatic rings. The van der Waals surface area contributed by atoms with E-state index in [-0.39, 0.29) is 0 Å². The third-order valence-electron chi connectivity index (χ3n) is 11.0. The van der Waals surface area contributed by atoms with Gasteiger partial charge in [-0.3, -0.25) is 0 Å². The molecule has 9 atom stereocenters. The average molecular weight is 417 g/mol. The van der Waals surface area contributed by atoms with Crippen LogP contribution in [0.1, 0.15) is 112 Å². The van der Waals surface area contributed by atoms with Crippen LogP contribution in [0.4, 0.5) is 0 Å². The molecule has 0 heterocycles. The fourth-order valence-electron chi connectivity index (χ4n) is 8.70. The first-order chi connectivity index (χ1) is 13.9. The fraction of sp³-hybridized carbons (Fsp3) is 0.929. The molecular weight excluding hydrogens is 368 g/mol. The van der Waals surface area contributed by atoms with E-state index in [9.17, 15) is 10.2 Å². The molecule has 0 aliphatic heterocycles. The lowest BCUT2D eigenvalue weighted by Gasteiger charge is -2.59.